The number of aromatic amines is 1. The van der Waals surface area contributed by atoms with Gasteiger partial charge in [0.05, 0.1) is 12.1 Å². The Morgan fingerprint density at radius 1 is 1.41 bits per heavy atom. The van der Waals surface area contributed by atoms with Crippen LogP contribution in [0.25, 0.3) is 0 Å². The summed E-state index contributed by atoms with van der Waals surface area (Å²) >= 11 is 0. The minimum atomic E-state index is -0.205. The largest absolute Gasteiger partial charge is 0.446 e. The van der Waals surface area contributed by atoms with Crippen LogP contribution in [0.15, 0.2) is 22.9 Å². The zero-order chi connectivity index (χ0) is 20.4. The Morgan fingerprint density at radius 2 is 2.28 bits per heavy atom. The highest BCUT2D eigenvalue weighted by Gasteiger charge is 2.38. The van der Waals surface area contributed by atoms with E-state index in [2.05, 4.69) is 34.5 Å². The number of likely N-dealkylation sites (tertiary alicyclic amines) is 1. The average molecular weight is 401 g/mol. The normalized spacial score (nSPS) is 23.3. The number of carbonyl (C=O) groups is 2. The Balaban J connectivity index is 1.28. The molecular formula is C20H27N5O4. The van der Waals surface area contributed by atoms with Crippen LogP contribution in [0.3, 0.4) is 0 Å². The Hall–Kier alpha value is -2.84. The van der Waals surface area contributed by atoms with Crippen LogP contribution in [0.5, 0.6) is 0 Å². The van der Waals surface area contributed by atoms with E-state index in [0.717, 1.165) is 44.3 Å². The summed E-state index contributed by atoms with van der Waals surface area (Å²) < 4.78 is 10.5. The Labute approximate surface area is 169 Å². The molecule has 0 spiro atoms. The van der Waals surface area contributed by atoms with E-state index >= 15 is 0 Å². The molecular weight excluding hydrogens is 374 g/mol. The summed E-state index contributed by atoms with van der Waals surface area (Å²) in [4.78, 5) is 26.4. The van der Waals surface area contributed by atoms with Gasteiger partial charge >= 0.3 is 6.09 Å². The number of nitrogens with one attached hydrogen (secondary N) is 2. The van der Waals surface area contributed by atoms with Crippen LogP contribution in [0.2, 0.25) is 0 Å². The SMILES string of the molecule is CC1(C)CCCN1C(=O)O[C@@H]1CC[C@H](c2cc(NC(=O)Cc3ccon3)n[nH]2)C1. The summed E-state index contributed by atoms with van der Waals surface area (Å²) in [5.74, 6) is 0.504. The van der Waals surface area contributed by atoms with Crippen molar-refractivity contribution in [3.05, 3.63) is 29.8 Å². The average Bonchev–Trinajstić information content (AvgIpc) is 3.42. The highest BCUT2D eigenvalue weighted by molar-refractivity contribution is 5.91. The second-order valence-corrected chi connectivity index (χ2v) is 8.51. The maximum Gasteiger partial charge on any atom is 0.410 e. The zero-order valence-corrected chi connectivity index (χ0v) is 16.8. The van der Waals surface area contributed by atoms with Crippen molar-refractivity contribution < 1.29 is 18.8 Å². The van der Waals surface area contributed by atoms with Crippen molar-refractivity contribution >= 4 is 17.8 Å². The molecule has 0 unspecified atom stereocenters. The zero-order valence-electron chi connectivity index (χ0n) is 16.8. The predicted molar refractivity (Wildman–Crippen MR) is 104 cm³/mol. The fourth-order valence-electron chi connectivity index (χ4n) is 4.27. The van der Waals surface area contributed by atoms with E-state index in [1.165, 1.54) is 6.26 Å². The van der Waals surface area contributed by atoms with Gasteiger partial charge in [0.2, 0.25) is 5.91 Å². The second-order valence-electron chi connectivity index (χ2n) is 8.51. The molecule has 9 nitrogen and oxygen atoms in total. The van der Waals surface area contributed by atoms with Crippen LogP contribution in [-0.4, -0.2) is 50.4 Å². The number of hydrogen-bond acceptors (Lipinski definition) is 6. The van der Waals surface area contributed by atoms with Gasteiger partial charge in [0.15, 0.2) is 5.82 Å². The van der Waals surface area contributed by atoms with Crippen LogP contribution >= 0.6 is 0 Å². The molecule has 0 radical (unpaired) electrons. The van der Waals surface area contributed by atoms with E-state index in [1.54, 1.807) is 6.07 Å². The van der Waals surface area contributed by atoms with Gasteiger partial charge in [-0.2, -0.15) is 5.10 Å². The monoisotopic (exact) mass is 401 g/mol. The third-order valence-corrected chi connectivity index (χ3v) is 5.91. The van der Waals surface area contributed by atoms with E-state index in [9.17, 15) is 9.59 Å². The predicted octanol–water partition coefficient (Wildman–Crippen LogP) is 3.23. The van der Waals surface area contributed by atoms with Gasteiger partial charge in [-0.25, -0.2) is 4.79 Å². The second kappa shape index (κ2) is 7.88. The van der Waals surface area contributed by atoms with Crippen molar-refractivity contribution in [2.24, 2.45) is 0 Å². The van der Waals surface area contributed by atoms with Crippen LogP contribution in [0, 0.1) is 0 Å². The van der Waals surface area contributed by atoms with Crippen molar-refractivity contribution in [1.29, 1.82) is 0 Å². The number of ether oxygens (including phenoxy) is 1. The van der Waals surface area contributed by atoms with Gasteiger partial charge < -0.3 is 19.5 Å². The van der Waals surface area contributed by atoms with E-state index in [1.807, 2.05) is 11.0 Å². The highest BCUT2D eigenvalue weighted by atomic mass is 16.6. The molecule has 2 atom stereocenters. The highest BCUT2D eigenvalue weighted by Crippen LogP contribution is 2.37. The molecule has 1 aliphatic heterocycles. The van der Waals surface area contributed by atoms with E-state index in [-0.39, 0.29) is 36.0 Å². The molecule has 29 heavy (non-hydrogen) atoms. The molecule has 156 valence electrons. The molecule has 2 aliphatic rings. The number of aromatic nitrogens is 3. The lowest BCUT2D eigenvalue weighted by molar-refractivity contribution is -0.115. The third-order valence-electron chi connectivity index (χ3n) is 5.91. The van der Waals surface area contributed by atoms with E-state index in [0.29, 0.717) is 11.5 Å². The first-order valence-electron chi connectivity index (χ1n) is 10.1. The smallest absolute Gasteiger partial charge is 0.410 e. The number of nitrogens with zero attached hydrogens (tertiary/aromatic N) is 3. The van der Waals surface area contributed by atoms with E-state index < -0.39 is 0 Å². The lowest BCUT2D eigenvalue weighted by Gasteiger charge is -2.31. The van der Waals surface area contributed by atoms with Gasteiger partial charge in [0, 0.05) is 35.8 Å². The molecule has 2 fully saturated rings. The number of anilines is 1. The van der Waals surface area contributed by atoms with Gasteiger partial charge in [-0.05, 0) is 46.0 Å². The van der Waals surface area contributed by atoms with Crippen LogP contribution < -0.4 is 5.32 Å². The summed E-state index contributed by atoms with van der Waals surface area (Å²) in [6.45, 7) is 4.93. The molecule has 1 saturated heterocycles. The molecule has 2 aromatic rings. The molecule has 2 aromatic heterocycles. The standard InChI is InChI=1S/C20H27N5O4/c1-20(2)7-3-8-25(20)19(27)29-15-5-4-13(10-15)16-12-17(23-22-16)21-18(26)11-14-6-9-28-24-14/h6,9,12-13,15H,3-5,7-8,10-11H2,1-2H3,(H2,21,22,23,26)/t13-,15+/m0/s1. The van der Waals surface area contributed by atoms with Crippen molar-refractivity contribution in [2.45, 2.75) is 69.9 Å². The van der Waals surface area contributed by atoms with Crippen molar-refractivity contribution in [3.63, 3.8) is 0 Å². The molecule has 0 aromatic carbocycles. The van der Waals surface area contributed by atoms with Crippen molar-refractivity contribution in [1.82, 2.24) is 20.3 Å². The summed E-state index contributed by atoms with van der Waals surface area (Å²) in [6, 6.07) is 3.50. The lowest BCUT2D eigenvalue weighted by atomic mass is 10.0. The number of rotatable bonds is 5. The summed E-state index contributed by atoms with van der Waals surface area (Å²) in [7, 11) is 0. The van der Waals surface area contributed by atoms with Gasteiger partial charge in [0.25, 0.3) is 0 Å². The Morgan fingerprint density at radius 3 is 3.00 bits per heavy atom. The molecule has 1 aliphatic carbocycles. The maximum absolute atomic E-state index is 12.5. The molecule has 0 bridgehead atoms. The maximum atomic E-state index is 12.5. The van der Waals surface area contributed by atoms with Gasteiger partial charge in [-0.3, -0.25) is 9.89 Å². The minimum absolute atomic E-state index is 0.0857. The summed E-state index contributed by atoms with van der Waals surface area (Å²) in [5, 5.41) is 13.7. The van der Waals surface area contributed by atoms with Crippen LogP contribution in [0.4, 0.5) is 10.6 Å². The fourth-order valence-corrected chi connectivity index (χ4v) is 4.27. The first-order valence-corrected chi connectivity index (χ1v) is 10.1. The number of carbonyl (C=O) groups excluding carboxylic acids is 2. The van der Waals surface area contributed by atoms with Crippen LogP contribution in [-0.2, 0) is 16.0 Å². The van der Waals surface area contributed by atoms with Crippen molar-refractivity contribution in [3.8, 4) is 0 Å². The third kappa shape index (κ3) is 4.44. The van der Waals surface area contributed by atoms with Gasteiger partial charge in [0.1, 0.15) is 12.4 Å². The molecule has 1 saturated carbocycles. The molecule has 4 rings (SSSR count). The van der Waals surface area contributed by atoms with Gasteiger partial charge in [-0.15, -0.1) is 0 Å². The fraction of sp³-hybridized carbons (Fsp3) is 0.600. The number of H-pyrrole nitrogens is 1. The topological polar surface area (TPSA) is 113 Å². The molecule has 2 N–H and O–H groups in total. The van der Waals surface area contributed by atoms with Crippen molar-refractivity contribution in [2.75, 3.05) is 11.9 Å². The molecule has 2 amide bonds. The summed E-state index contributed by atoms with van der Waals surface area (Å²) in [6.07, 6.45) is 5.81. The van der Waals surface area contributed by atoms with Gasteiger partial charge in [-0.1, -0.05) is 5.16 Å². The number of amides is 2. The Bertz CT molecular complexity index is 860. The first-order chi connectivity index (χ1) is 13.9. The first kappa shape index (κ1) is 19.5. The quantitative estimate of drug-likeness (QED) is 0.795. The molecule has 3 heterocycles. The Kier molecular flexibility index (Phi) is 5.29. The van der Waals surface area contributed by atoms with Crippen LogP contribution in [0.1, 0.15) is 63.3 Å². The number of hydrogen-bond donors (Lipinski definition) is 2. The molecule has 9 heteroatoms. The van der Waals surface area contributed by atoms with E-state index in [4.69, 9.17) is 9.26 Å². The minimum Gasteiger partial charge on any atom is -0.446 e. The lowest BCUT2D eigenvalue weighted by Crippen LogP contribution is -2.43. The summed E-state index contributed by atoms with van der Waals surface area (Å²) in [5.41, 5.74) is 1.39.